The third-order valence-electron chi connectivity index (χ3n) is 4.48. The molecule has 0 bridgehead atoms. The molecular formula is C16H18N2O4. The lowest BCUT2D eigenvalue weighted by Gasteiger charge is -2.41. The van der Waals surface area contributed by atoms with Crippen molar-refractivity contribution in [2.24, 2.45) is 5.92 Å². The summed E-state index contributed by atoms with van der Waals surface area (Å²) in [7, 11) is 0. The van der Waals surface area contributed by atoms with Crippen LogP contribution in [0.3, 0.4) is 0 Å². The van der Waals surface area contributed by atoms with Gasteiger partial charge in [0.15, 0.2) is 0 Å². The van der Waals surface area contributed by atoms with Gasteiger partial charge >= 0.3 is 5.97 Å². The number of benzene rings is 1. The Labute approximate surface area is 128 Å². The number of nitrogens with zero attached hydrogens (tertiary/aromatic N) is 1. The van der Waals surface area contributed by atoms with Gasteiger partial charge in [0, 0.05) is 12.5 Å². The normalized spacial score (nSPS) is 22.8. The van der Waals surface area contributed by atoms with E-state index in [1.54, 1.807) is 4.90 Å². The number of nitrogens with one attached hydrogen (secondary N) is 1. The predicted molar refractivity (Wildman–Crippen MR) is 78.9 cm³/mol. The van der Waals surface area contributed by atoms with Gasteiger partial charge < -0.3 is 9.74 Å². The molecule has 0 aromatic heterocycles. The van der Waals surface area contributed by atoms with Gasteiger partial charge in [0.2, 0.25) is 12.3 Å². The fourth-order valence-electron chi connectivity index (χ4n) is 3.59. The summed E-state index contributed by atoms with van der Waals surface area (Å²) in [6.45, 7) is 2.56. The van der Waals surface area contributed by atoms with Crippen molar-refractivity contribution in [3.05, 3.63) is 29.3 Å². The number of para-hydroxylation sites is 1. The Morgan fingerprint density at radius 3 is 3.05 bits per heavy atom. The van der Waals surface area contributed by atoms with E-state index < -0.39 is 11.9 Å². The molecule has 116 valence electrons. The van der Waals surface area contributed by atoms with Gasteiger partial charge in [-0.1, -0.05) is 25.1 Å². The summed E-state index contributed by atoms with van der Waals surface area (Å²) in [5, 5.41) is 0. The zero-order valence-electron chi connectivity index (χ0n) is 12.4. The van der Waals surface area contributed by atoms with Crippen molar-refractivity contribution in [2.75, 3.05) is 11.4 Å². The van der Waals surface area contributed by atoms with Crippen molar-refractivity contribution >= 4 is 24.0 Å². The molecule has 0 fully saturated rings. The molecule has 0 saturated carbocycles. The minimum Gasteiger partial charge on any atom is -0.340 e. The molecule has 2 amide bonds. The van der Waals surface area contributed by atoms with Crippen LogP contribution in [-0.4, -0.2) is 24.8 Å². The molecule has 1 aromatic carbocycles. The first-order valence-electron chi connectivity index (χ1n) is 7.52. The van der Waals surface area contributed by atoms with E-state index in [9.17, 15) is 14.4 Å². The van der Waals surface area contributed by atoms with E-state index in [0.717, 1.165) is 29.7 Å². The number of carbonyl (C=O) groups is 3. The summed E-state index contributed by atoms with van der Waals surface area (Å²) in [6, 6.07) is 5.99. The van der Waals surface area contributed by atoms with Crippen molar-refractivity contribution in [3.8, 4) is 0 Å². The molecule has 22 heavy (non-hydrogen) atoms. The number of rotatable bonds is 4. The number of anilines is 1. The Morgan fingerprint density at radius 1 is 1.50 bits per heavy atom. The van der Waals surface area contributed by atoms with E-state index in [-0.39, 0.29) is 18.2 Å². The molecule has 1 aromatic rings. The van der Waals surface area contributed by atoms with Crippen LogP contribution in [0.1, 0.15) is 36.8 Å². The Hall–Kier alpha value is -2.37. The molecule has 3 rings (SSSR count). The number of hydrogen-bond acceptors (Lipinski definition) is 4. The molecule has 6 heteroatoms. The summed E-state index contributed by atoms with van der Waals surface area (Å²) in [6.07, 6.45) is 2.76. The maximum absolute atomic E-state index is 12.8. The monoisotopic (exact) mass is 302 g/mol. The van der Waals surface area contributed by atoms with Crippen LogP contribution < -0.4 is 10.4 Å². The SMILES string of the molecule is CCC1c2cccc3c2N(CCC3)C(=O)C1C(=O)ONC=O. The van der Waals surface area contributed by atoms with Crippen LogP contribution in [0.4, 0.5) is 5.69 Å². The van der Waals surface area contributed by atoms with Crippen molar-refractivity contribution < 1.29 is 19.2 Å². The summed E-state index contributed by atoms with van der Waals surface area (Å²) in [4.78, 5) is 41.7. The second-order valence-corrected chi connectivity index (χ2v) is 5.60. The number of carbonyl (C=O) groups excluding carboxylic acids is 3. The van der Waals surface area contributed by atoms with Gasteiger partial charge in [-0.15, -0.1) is 0 Å². The van der Waals surface area contributed by atoms with Crippen LogP contribution in [0, 0.1) is 5.92 Å². The quantitative estimate of drug-likeness (QED) is 0.516. The lowest BCUT2D eigenvalue weighted by molar-refractivity contribution is -0.162. The zero-order valence-corrected chi connectivity index (χ0v) is 12.4. The van der Waals surface area contributed by atoms with Crippen molar-refractivity contribution in [2.45, 2.75) is 32.1 Å². The second-order valence-electron chi connectivity index (χ2n) is 5.60. The molecule has 1 N–H and O–H groups in total. The third-order valence-corrected chi connectivity index (χ3v) is 4.48. The highest BCUT2D eigenvalue weighted by molar-refractivity contribution is 6.10. The van der Waals surface area contributed by atoms with Crippen LogP contribution >= 0.6 is 0 Å². The first-order chi connectivity index (χ1) is 10.7. The van der Waals surface area contributed by atoms with Gasteiger partial charge in [0.1, 0.15) is 5.92 Å². The highest BCUT2D eigenvalue weighted by Gasteiger charge is 2.46. The maximum atomic E-state index is 12.8. The lowest BCUT2D eigenvalue weighted by Crippen LogP contribution is -2.49. The van der Waals surface area contributed by atoms with E-state index in [2.05, 4.69) is 4.84 Å². The summed E-state index contributed by atoms with van der Waals surface area (Å²) in [5.74, 6) is -2.06. The smallest absolute Gasteiger partial charge is 0.340 e. The molecule has 0 saturated heterocycles. The molecule has 0 spiro atoms. The Kier molecular flexibility index (Phi) is 3.83. The third kappa shape index (κ3) is 2.15. The van der Waals surface area contributed by atoms with E-state index in [4.69, 9.17) is 0 Å². The minimum atomic E-state index is -0.904. The van der Waals surface area contributed by atoms with Crippen molar-refractivity contribution in [3.63, 3.8) is 0 Å². The van der Waals surface area contributed by atoms with Gasteiger partial charge in [0.25, 0.3) is 0 Å². The fraction of sp³-hybridized carbons (Fsp3) is 0.438. The first kappa shape index (κ1) is 14.6. The highest BCUT2D eigenvalue weighted by atomic mass is 16.7. The average molecular weight is 302 g/mol. The topological polar surface area (TPSA) is 75.7 Å². The van der Waals surface area contributed by atoms with Crippen LogP contribution in [0.5, 0.6) is 0 Å². The second kappa shape index (κ2) is 5.79. The number of hydrogen-bond donors (Lipinski definition) is 1. The van der Waals surface area contributed by atoms with E-state index in [1.807, 2.05) is 30.6 Å². The van der Waals surface area contributed by atoms with Crippen LogP contribution in [0.25, 0.3) is 0 Å². The summed E-state index contributed by atoms with van der Waals surface area (Å²) >= 11 is 0. The van der Waals surface area contributed by atoms with Crippen molar-refractivity contribution in [1.29, 1.82) is 0 Å². The zero-order chi connectivity index (χ0) is 15.7. The summed E-state index contributed by atoms with van der Waals surface area (Å²) in [5.41, 5.74) is 5.04. The molecule has 0 radical (unpaired) electrons. The van der Waals surface area contributed by atoms with E-state index in [0.29, 0.717) is 13.0 Å². The predicted octanol–water partition coefficient (Wildman–Crippen LogP) is 1.29. The van der Waals surface area contributed by atoms with Gasteiger partial charge in [-0.25, -0.2) is 4.79 Å². The first-order valence-corrected chi connectivity index (χ1v) is 7.52. The number of aryl methyl sites for hydroxylation is 1. The van der Waals surface area contributed by atoms with E-state index in [1.165, 1.54) is 0 Å². The largest absolute Gasteiger partial charge is 0.345 e. The van der Waals surface area contributed by atoms with Gasteiger partial charge in [-0.05, 0) is 30.4 Å². The number of hydroxylamine groups is 1. The van der Waals surface area contributed by atoms with Crippen molar-refractivity contribution in [1.82, 2.24) is 5.48 Å². The Morgan fingerprint density at radius 2 is 2.32 bits per heavy atom. The maximum Gasteiger partial charge on any atom is 0.345 e. The van der Waals surface area contributed by atoms with Gasteiger partial charge in [-0.3, -0.25) is 9.59 Å². The molecule has 2 unspecified atom stereocenters. The molecular weight excluding hydrogens is 284 g/mol. The molecule has 2 aliphatic rings. The Bertz CT molecular complexity index is 629. The molecule has 6 nitrogen and oxygen atoms in total. The van der Waals surface area contributed by atoms with Gasteiger partial charge in [-0.2, -0.15) is 5.48 Å². The fourth-order valence-corrected chi connectivity index (χ4v) is 3.59. The van der Waals surface area contributed by atoms with Crippen LogP contribution in [-0.2, 0) is 25.6 Å². The van der Waals surface area contributed by atoms with E-state index >= 15 is 0 Å². The molecule has 2 heterocycles. The number of amides is 2. The van der Waals surface area contributed by atoms with Gasteiger partial charge in [0.05, 0.1) is 5.69 Å². The Balaban J connectivity index is 2.05. The summed E-state index contributed by atoms with van der Waals surface area (Å²) < 4.78 is 0. The van der Waals surface area contributed by atoms with Crippen LogP contribution in [0.2, 0.25) is 0 Å². The molecule has 2 atom stereocenters. The lowest BCUT2D eigenvalue weighted by atomic mass is 9.76. The minimum absolute atomic E-state index is 0.224. The standard InChI is InChI=1S/C16H18N2O4/c1-2-11-12-7-3-5-10-6-4-8-18(14(10)12)15(20)13(11)16(21)22-17-9-19/h3,5,7,9,11,13H,2,4,6,8H2,1H3,(H,17,19). The highest BCUT2D eigenvalue weighted by Crippen LogP contribution is 2.45. The molecule has 0 aliphatic carbocycles. The average Bonchev–Trinajstić information content (AvgIpc) is 2.55. The van der Waals surface area contributed by atoms with Crippen LogP contribution in [0.15, 0.2) is 18.2 Å². The molecule has 2 aliphatic heterocycles.